The van der Waals surface area contributed by atoms with E-state index < -0.39 is 11.9 Å². The van der Waals surface area contributed by atoms with E-state index >= 15 is 0 Å². The number of likely N-dealkylation sites (tertiary alicyclic amines) is 2. The van der Waals surface area contributed by atoms with Gasteiger partial charge in [-0.3, -0.25) is 9.69 Å². The maximum atomic E-state index is 12.5. The highest BCUT2D eigenvalue weighted by atomic mass is 35.5. The summed E-state index contributed by atoms with van der Waals surface area (Å²) in [5.74, 6) is -3.08. The Balaban J connectivity index is 0.000000380. The molecule has 0 aliphatic carbocycles. The minimum Gasteiger partial charge on any atom is -0.473 e. The van der Waals surface area contributed by atoms with Crippen LogP contribution in [0.3, 0.4) is 0 Å². The predicted octanol–water partition coefficient (Wildman–Crippen LogP) is 2.33. The molecule has 1 aromatic carbocycles. The molecule has 7 nitrogen and oxygen atoms in total. The fraction of sp³-hybridized carbons (Fsp3) is 0.526. The number of piperidine rings is 1. The number of amides is 1. The number of hydrogen-bond donors (Lipinski definition) is 2. The van der Waals surface area contributed by atoms with E-state index in [1.54, 1.807) is 0 Å². The number of aliphatic carboxylic acids is 2. The Labute approximate surface area is 163 Å². The largest absolute Gasteiger partial charge is 0.473 e. The number of halogens is 1. The van der Waals surface area contributed by atoms with E-state index in [2.05, 4.69) is 15.9 Å². The van der Waals surface area contributed by atoms with Crippen molar-refractivity contribution in [2.24, 2.45) is 5.92 Å². The third-order valence-corrected chi connectivity index (χ3v) is 4.99. The number of carbonyl (C=O) groups excluding carboxylic acids is 1. The molecule has 0 bridgehead atoms. The van der Waals surface area contributed by atoms with Gasteiger partial charge in [-0.05, 0) is 49.9 Å². The molecule has 0 saturated carbocycles. The lowest BCUT2D eigenvalue weighted by atomic mass is 9.96. The molecule has 0 spiro atoms. The number of benzene rings is 1. The van der Waals surface area contributed by atoms with E-state index in [-0.39, 0.29) is 5.92 Å². The van der Waals surface area contributed by atoms with Crippen molar-refractivity contribution in [1.82, 2.24) is 9.80 Å². The van der Waals surface area contributed by atoms with E-state index in [4.69, 9.17) is 31.4 Å². The molecule has 2 heterocycles. The summed E-state index contributed by atoms with van der Waals surface area (Å²) in [4.78, 5) is 35.2. The van der Waals surface area contributed by atoms with E-state index in [0.29, 0.717) is 5.91 Å². The van der Waals surface area contributed by atoms with Gasteiger partial charge in [-0.15, -0.1) is 0 Å². The molecule has 8 heteroatoms. The van der Waals surface area contributed by atoms with Crippen LogP contribution in [-0.4, -0.2) is 64.0 Å². The number of nitrogens with zero attached hydrogens (tertiary/aromatic N) is 2. The fourth-order valence-electron chi connectivity index (χ4n) is 3.49. The number of carbonyl (C=O) groups is 3. The Bertz CT molecular complexity index is 664. The van der Waals surface area contributed by atoms with Crippen molar-refractivity contribution in [2.45, 2.75) is 32.2 Å². The lowest BCUT2D eigenvalue weighted by Crippen LogP contribution is -2.43. The molecule has 2 aliphatic heterocycles. The highest BCUT2D eigenvalue weighted by Crippen LogP contribution is 2.23. The molecule has 2 fully saturated rings. The molecule has 1 aromatic rings. The number of carboxylic acids is 2. The van der Waals surface area contributed by atoms with Gasteiger partial charge in [0.1, 0.15) is 0 Å². The molecular weight excluding hydrogens is 372 g/mol. The Morgan fingerprint density at radius 3 is 2.30 bits per heavy atom. The Morgan fingerprint density at radius 2 is 1.70 bits per heavy atom. The van der Waals surface area contributed by atoms with Gasteiger partial charge >= 0.3 is 11.9 Å². The zero-order chi connectivity index (χ0) is 19.8. The summed E-state index contributed by atoms with van der Waals surface area (Å²) < 4.78 is 0. The van der Waals surface area contributed by atoms with Crippen molar-refractivity contribution in [3.05, 3.63) is 34.9 Å². The van der Waals surface area contributed by atoms with Crippen LogP contribution in [0, 0.1) is 5.92 Å². The van der Waals surface area contributed by atoms with Crippen molar-refractivity contribution in [1.29, 1.82) is 0 Å². The van der Waals surface area contributed by atoms with Crippen molar-refractivity contribution >= 4 is 29.4 Å². The highest BCUT2D eigenvalue weighted by Gasteiger charge is 2.30. The average Bonchev–Trinajstić information content (AvgIpc) is 3.16. The van der Waals surface area contributed by atoms with Crippen LogP contribution < -0.4 is 0 Å². The smallest absolute Gasteiger partial charge is 0.414 e. The van der Waals surface area contributed by atoms with Gasteiger partial charge in [-0.2, -0.15) is 0 Å². The molecule has 0 aromatic heterocycles. The van der Waals surface area contributed by atoms with Crippen molar-refractivity contribution < 1.29 is 24.6 Å². The van der Waals surface area contributed by atoms with Gasteiger partial charge in [-0.25, -0.2) is 9.59 Å². The number of carboxylic acid groups (broad SMARTS) is 2. The lowest BCUT2D eigenvalue weighted by Gasteiger charge is -2.34. The van der Waals surface area contributed by atoms with E-state index in [1.807, 2.05) is 18.2 Å². The molecule has 1 unspecified atom stereocenters. The minimum absolute atomic E-state index is 0.191. The molecule has 3 rings (SSSR count). The maximum absolute atomic E-state index is 12.5. The zero-order valence-corrected chi connectivity index (χ0v) is 15.9. The topological polar surface area (TPSA) is 98.2 Å². The van der Waals surface area contributed by atoms with Crippen LogP contribution >= 0.6 is 11.6 Å². The standard InChI is InChI=1S/C17H23ClN2O.C2H2O4/c18-16-7-3-5-14(11-16)12-19-8-4-6-15(13-19)17(21)20-9-1-2-10-20;3-1(4)2(5)6/h3,5,7,11,15H,1-2,4,6,8-10,12-13H2;(H,3,4)(H,5,6). The van der Waals surface area contributed by atoms with Gasteiger partial charge in [-0.1, -0.05) is 23.7 Å². The van der Waals surface area contributed by atoms with Gasteiger partial charge in [0, 0.05) is 31.2 Å². The lowest BCUT2D eigenvalue weighted by molar-refractivity contribution is -0.159. The quantitative estimate of drug-likeness (QED) is 0.761. The van der Waals surface area contributed by atoms with Gasteiger partial charge in [0.05, 0.1) is 5.92 Å². The normalized spacial score (nSPS) is 19.9. The monoisotopic (exact) mass is 396 g/mol. The number of hydrogen-bond acceptors (Lipinski definition) is 4. The summed E-state index contributed by atoms with van der Waals surface area (Å²) in [5, 5.41) is 15.6. The van der Waals surface area contributed by atoms with Crippen LogP contribution in [0.5, 0.6) is 0 Å². The van der Waals surface area contributed by atoms with Crippen LogP contribution in [0.25, 0.3) is 0 Å². The van der Waals surface area contributed by atoms with Gasteiger partial charge in [0.2, 0.25) is 5.91 Å². The molecule has 2 aliphatic rings. The van der Waals surface area contributed by atoms with Crippen LogP contribution in [0.2, 0.25) is 5.02 Å². The molecule has 1 amide bonds. The Kier molecular flexibility index (Phi) is 8.06. The summed E-state index contributed by atoms with van der Waals surface area (Å²) in [6.45, 7) is 4.79. The zero-order valence-electron chi connectivity index (χ0n) is 15.1. The first kappa shape index (κ1) is 21.2. The highest BCUT2D eigenvalue weighted by molar-refractivity contribution is 6.30. The predicted molar refractivity (Wildman–Crippen MR) is 101 cm³/mol. The third kappa shape index (κ3) is 6.84. The summed E-state index contributed by atoms with van der Waals surface area (Å²) >= 11 is 6.05. The average molecular weight is 397 g/mol. The van der Waals surface area contributed by atoms with Crippen LogP contribution in [0.4, 0.5) is 0 Å². The van der Waals surface area contributed by atoms with Crippen LogP contribution in [0.1, 0.15) is 31.2 Å². The molecule has 1 atom stereocenters. The van der Waals surface area contributed by atoms with Crippen LogP contribution in [0.15, 0.2) is 24.3 Å². The Morgan fingerprint density at radius 1 is 1.04 bits per heavy atom. The van der Waals surface area contributed by atoms with Gasteiger partial charge < -0.3 is 15.1 Å². The molecule has 0 radical (unpaired) electrons. The molecule has 148 valence electrons. The molecular formula is C19H25ClN2O5. The molecule has 27 heavy (non-hydrogen) atoms. The Hall–Kier alpha value is -2.12. The van der Waals surface area contributed by atoms with Gasteiger partial charge in [0.25, 0.3) is 0 Å². The summed E-state index contributed by atoms with van der Waals surface area (Å²) in [7, 11) is 0. The minimum atomic E-state index is -1.82. The molecule has 2 saturated heterocycles. The van der Waals surface area contributed by atoms with Crippen molar-refractivity contribution in [3.63, 3.8) is 0 Å². The number of rotatable bonds is 3. The first-order valence-electron chi connectivity index (χ1n) is 9.08. The second-order valence-electron chi connectivity index (χ2n) is 6.85. The maximum Gasteiger partial charge on any atom is 0.414 e. The summed E-state index contributed by atoms with van der Waals surface area (Å²) in [5.41, 5.74) is 1.23. The van der Waals surface area contributed by atoms with E-state index in [0.717, 1.165) is 50.6 Å². The van der Waals surface area contributed by atoms with Crippen LogP contribution in [-0.2, 0) is 20.9 Å². The molecule has 2 N–H and O–H groups in total. The first-order valence-corrected chi connectivity index (χ1v) is 9.46. The first-order chi connectivity index (χ1) is 12.9. The van der Waals surface area contributed by atoms with Gasteiger partial charge in [0.15, 0.2) is 0 Å². The third-order valence-electron chi connectivity index (χ3n) is 4.75. The van der Waals surface area contributed by atoms with Crippen molar-refractivity contribution in [3.8, 4) is 0 Å². The summed E-state index contributed by atoms with van der Waals surface area (Å²) in [6, 6.07) is 8.03. The fourth-order valence-corrected chi connectivity index (χ4v) is 3.70. The summed E-state index contributed by atoms with van der Waals surface area (Å²) in [6.07, 6.45) is 4.50. The van der Waals surface area contributed by atoms with E-state index in [9.17, 15) is 4.79 Å². The second kappa shape index (κ2) is 10.3. The van der Waals surface area contributed by atoms with Crippen molar-refractivity contribution in [2.75, 3.05) is 26.2 Å². The van der Waals surface area contributed by atoms with E-state index in [1.165, 1.54) is 18.4 Å². The second-order valence-corrected chi connectivity index (χ2v) is 7.28. The SMILES string of the molecule is O=C(C1CCCN(Cc2cccc(Cl)c2)C1)N1CCCC1.O=C(O)C(=O)O.